The predicted molar refractivity (Wildman–Crippen MR) is 125 cm³/mol. The molecule has 0 fully saturated rings. The lowest BCUT2D eigenvalue weighted by atomic mass is 9.90. The van der Waals surface area contributed by atoms with Crippen LogP contribution in [-0.2, 0) is 11.2 Å². The summed E-state index contributed by atoms with van der Waals surface area (Å²) in [6.45, 7) is 3.28. The molecule has 0 spiro atoms. The van der Waals surface area contributed by atoms with Crippen molar-refractivity contribution in [1.29, 1.82) is 0 Å². The van der Waals surface area contributed by atoms with Gasteiger partial charge in [0.05, 0.1) is 6.04 Å². The number of amides is 1. The zero-order chi connectivity index (χ0) is 20.8. The molecule has 5 heteroatoms. The van der Waals surface area contributed by atoms with Crippen LogP contribution in [0.25, 0.3) is 10.9 Å². The molecule has 154 valence electrons. The first-order chi connectivity index (χ1) is 14.7. The summed E-state index contributed by atoms with van der Waals surface area (Å²) >= 11 is 1.72. The first-order valence-electron chi connectivity index (χ1n) is 10.4. The number of aromatic nitrogens is 1. The molecule has 2 aromatic heterocycles. The Balaban J connectivity index is 1.42. The van der Waals surface area contributed by atoms with Crippen LogP contribution in [0.4, 0.5) is 0 Å². The van der Waals surface area contributed by atoms with Crippen LogP contribution in [0.2, 0.25) is 0 Å². The van der Waals surface area contributed by atoms with Crippen molar-refractivity contribution in [2.24, 2.45) is 0 Å². The van der Waals surface area contributed by atoms with Crippen molar-refractivity contribution in [3.05, 3.63) is 94.3 Å². The van der Waals surface area contributed by atoms with Gasteiger partial charge in [0.2, 0.25) is 5.91 Å². The lowest BCUT2D eigenvalue weighted by Crippen LogP contribution is -2.44. The number of aromatic amines is 1. The van der Waals surface area contributed by atoms with Crippen LogP contribution >= 0.6 is 11.3 Å². The maximum Gasteiger partial charge on any atom is 0.236 e. The van der Waals surface area contributed by atoms with E-state index in [1.54, 1.807) is 11.3 Å². The molecule has 0 aliphatic carbocycles. The van der Waals surface area contributed by atoms with E-state index in [9.17, 15) is 4.79 Å². The molecule has 0 radical (unpaired) electrons. The number of hydrogen-bond donors (Lipinski definition) is 3. The van der Waals surface area contributed by atoms with Crippen LogP contribution in [-0.4, -0.2) is 30.0 Å². The van der Waals surface area contributed by atoms with Gasteiger partial charge in [-0.05, 0) is 42.0 Å². The molecule has 30 heavy (non-hydrogen) atoms. The van der Waals surface area contributed by atoms with Gasteiger partial charge in [-0.3, -0.25) is 4.79 Å². The molecule has 0 bridgehead atoms. The van der Waals surface area contributed by atoms with Crippen LogP contribution in [0.1, 0.15) is 28.8 Å². The average molecular weight is 418 g/mol. The first-order valence-corrected chi connectivity index (χ1v) is 11.2. The van der Waals surface area contributed by atoms with E-state index in [2.05, 4.69) is 75.7 Å². The third-order valence-electron chi connectivity index (χ3n) is 5.47. The van der Waals surface area contributed by atoms with E-state index in [0.717, 1.165) is 11.9 Å². The largest absolute Gasteiger partial charge is 0.361 e. The maximum atomic E-state index is 12.5. The zero-order valence-electron chi connectivity index (χ0n) is 17.1. The summed E-state index contributed by atoms with van der Waals surface area (Å²) in [5.74, 6) is 0.195. The zero-order valence-corrected chi connectivity index (χ0v) is 17.9. The topological polar surface area (TPSA) is 56.9 Å². The molecule has 0 saturated heterocycles. The summed E-state index contributed by atoms with van der Waals surface area (Å²) in [4.78, 5) is 17.2. The van der Waals surface area contributed by atoms with Gasteiger partial charge in [0.1, 0.15) is 0 Å². The molecule has 2 atom stereocenters. The van der Waals surface area contributed by atoms with Crippen LogP contribution in [0.15, 0.2) is 78.3 Å². The van der Waals surface area contributed by atoms with Crippen molar-refractivity contribution >= 4 is 28.1 Å². The molecule has 0 unspecified atom stereocenters. The predicted octanol–water partition coefficient (Wildman–Crippen LogP) is 4.70. The average Bonchev–Trinajstić information content (AvgIpc) is 3.45. The molecule has 2 heterocycles. The van der Waals surface area contributed by atoms with Gasteiger partial charge in [-0.2, -0.15) is 0 Å². The van der Waals surface area contributed by atoms with Crippen molar-refractivity contribution < 1.29 is 4.79 Å². The molecule has 4 aromatic rings. The highest BCUT2D eigenvalue weighted by Gasteiger charge is 2.20. The fourth-order valence-electron chi connectivity index (χ4n) is 3.78. The normalized spacial score (nSPS) is 13.2. The summed E-state index contributed by atoms with van der Waals surface area (Å²) < 4.78 is 0. The number of carbonyl (C=O) groups excluding carboxylic acids is 1. The number of hydrogen-bond acceptors (Lipinski definition) is 3. The standard InChI is InChI=1S/C25H27N3OS/c1-18(25(29)26-14-13-20-10-7-15-30-20)27-16-22(19-8-3-2-4-9-19)23-17-28-24-12-6-5-11-21(23)24/h2-12,15,17-18,22,27-28H,13-14,16H2,1H3,(H,26,29)/t18-,22+/m0/s1. The van der Waals surface area contributed by atoms with Crippen molar-refractivity contribution in [2.75, 3.05) is 13.1 Å². The van der Waals surface area contributed by atoms with Gasteiger partial charge in [-0.25, -0.2) is 0 Å². The number of thiophene rings is 1. The number of nitrogens with one attached hydrogen (secondary N) is 3. The van der Waals surface area contributed by atoms with Gasteiger partial charge < -0.3 is 15.6 Å². The van der Waals surface area contributed by atoms with E-state index in [1.807, 2.05) is 25.1 Å². The monoisotopic (exact) mass is 417 g/mol. The highest BCUT2D eigenvalue weighted by molar-refractivity contribution is 7.09. The van der Waals surface area contributed by atoms with Gasteiger partial charge in [0.15, 0.2) is 0 Å². The minimum Gasteiger partial charge on any atom is -0.361 e. The van der Waals surface area contributed by atoms with Gasteiger partial charge >= 0.3 is 0 Å². The van der Waals surface area contributed by atoms with Crippen molar-refractivity contribution in [1.82, 2.24) is 15.6 Å². The highest BCUT2D eigenvalue weighted by Crippen LogP contribution is 2.30. The SMILES string of the molecule is C[C@H](NC[C@H](c1ccccc1)c1c[nH]c2ccccc12)C(=O)NCCc1cccs1. The molecule has 4 nitrogen and oxygen atoms in total. The Labute approximate surface area is 181 Å². The molecule has 2 aromatic carbocycles. The van der Waals surface area contributed by atoms with Crippen molar-refractivity contribution in [2.45, 2.75) is 25.3 Å². The second-order valence-electron chi connectivity index (χ2n) is 7.50. The Bertz CT molecular complexity index is 1070. The van der Waals surface area contributed by atoms with Crippen LogP contribution in [0.3, 0.4) is 0 Å². The van der Waals surface area contributed by atoms with E-state index < -0.39 is 0 Å². The number of carbonyl (C=O) groups is 1. The lowest BCUT2D eigenvalue weighted by Gasteiger charge is -2.21. The minimum atomic E-state index is -0.259. The maximum absolute atomic E-state index is 12.5. The summed E-state index contributed by atoms with van der Waals surface area (Å²) in [5.41, 5.74) is 3.61. The van der Waals surface area contributed by atoms with E-state index in [4.69, 9.17) is 0 Å². The molecule has 0 aliphatic heterocycles. The molecule has 3 N–H and O–H groups in total. The molecule has 0 aliphatic rings. The summed E-state index contributed by atoms with van der Waals surface area (Å²) in [6, 6.07) is 22.7. The third-order valence-corrected chi connectivity index (χ3v) is 6.41. The first kappa shape index (κ1) is 20.4. The second-order valence-corrected chi connectivity index (χ2v) is 8.54. The fourth-order valence-corrected chi connectivity index (χ4v) is 4.49. The van der Waals surface area contributed by atoms with Gasteiger partial charge in [-0.1, -0.05) is 54.6 Å². The number of fused-ring (bicyclic) bond motifs is 1. The number of para-hydroxylation sites is 1. The Morgan fingerprint density at radius 3 is 2.63 bits per heavy atom. The number of H-pyrrole nitrogens is 1. The van der Waals surface area contributed by atoms with E-state index in [1.165, 1.54) is 21.4 Å². The molecule has 1 amide bonds. The molecule has 4 rings (SSSR count). The minimum absolute atomic E-state index is 0.0392. The van der Waals surface area contributed by atoms with E-state index in [-0.39, 0.29) is 17.9 Å². The fraction of sp³-hybridized carbons (Fsp3) is 0.240. The highest BCUT2D eigenvalue weighted by atomic mass is 32.1. The van der Waals surface area contributed by atoms with Crippen molar-refractivity contribution in [3.63, 3.8) is 0 Å². The Hall–Kier alpha value is -2.89. The molecular weight excluding hydrogens is 390 g/mol. The number of benzene rings is 2. The van der Waals surface area contributed by atoms with E-state index in [0.29, 0.717) is 13.1 Å². The van der Waals surface area contributed by atoms with Gasteiger partial charge in [-0.15, -0.1) is 11.3 Å². The Morgan fingerprint density at radius 1 is 1.03 bits per heavy atom. The van der Waals surface area contributed by atoms with Gasteiger partial charge in [0, 0.05) is 41.0 Å². The molecular formula is C25H27N3OS. The second kappa shape index (κ2) is 9.74. The number of rotatable bonds is 9. The Morgan fingerprint density at radius 2 is 1.83 bits per heavy atom. The summed E-state index contributed by atoms with van der Waals surface area (Å²) in [5, 5.41) is 9.79. The van der Waals surface area contributed by atoms with E-state index >= 15 is 0 Å². The van der Waals surface area contributed by atoms with Crippen LogP contribution in [0.5, 0.6) is 0 Å². The van der Waals surface area contributed by atoms with Crippen molar-refractivity contribution in [3.8, 4) is 0 Å². The third kappa shape index (κ3) is 4.81. The Kier molecular flexibility index (Phi) is 6.62. The quantitative estimate of drug-likeness (QED) is 0.370. The summed E-state index contributed by atoms with van der Waals surface area (Å²) in [6.07, 6.45) is 2.97. The van der Waals surface area contributed by atoms with Gasteiger partial charge in [0.25, 0.3) is 0 Å². The lowest BCUT2D eigenvalue weighted by molar-refractivity contribution is -0.122. The van der Waals surface area contributed by atoms with Crippen LogP contribution in [0, 0.1) is 0 Å². The smallest absolute Gasteiger partial charge is 0.236 e. The summed E-state index contributed by atoms with van der Waals surface area (Å²) in [7, 11) is 0. The molecule has 0 saturated carbocycles. The van der Waals surface area contributed by atoms with Crippen LogP contribution < -0.4 is 10.6 Å².